The van der Waals surface area contributed by atoms with Gasteiger partial charge in [-0.2, -0.15) is 0 Å². The molecular weight excluding hydrogens is 340 g/mol. The molecule has 1 aromatic rings. The first-order chi connectivity index (χ1) is 12.7. The summed E-state index contributed by atoms with van der Waals surface area (Å²) in [4.78, 5) is 29.7. The Kier molecular flexibility index (Phi) is 5.50. The van der Waals surface area contributed by atoms with E-state index in [-0.39, 0.29) is 29.9 Å². The number of nitrogens with zero attached hydrogens (tertiary/aromatic N) is 2. The lowest BCUT2D eigenvalue weighted by atomic mass is 9.76. The van der Waals surface area contributed by atoms with Crippen molar-refractivity contribution in [2.75, 3.05) is 19.0 Å². The highest BCUT2D eigenvalue weighted by molar-refractivity contribution is 5.98. The van der Waals surface area contributed by atoms with E-state index in [2.05, 4.69) is 0 Å². The lowest BCUT2D eigenvalue weighted by Gasteiger charge is -2.48. The Balaban J connectivity index is 1.72. The molecule has 5 nitrogen and oxygen atoms in total. The molecule has 2 bridgehead atoms. The minimum Gasteiger partial charge on any atom is -0.444 e. The molecule has 0 aromatic heterocycles. The van der Waals surface area contributed by atoms with Crippen molar-refractivity contribution in [2.24, 2.45) is 5.92 Å². The fraction of sp³-hybridized carbons (Fsp3) is 0.636. The number of fused-ring (bicyclic) bond motifs is 2. The smallest absolute Gasteiger partial charge is 0.410 e. The lowest BCUT2D eigenvalue weighted by molar-refractivity contribution is -0.0260. The van der Waals surface area contributed by atoms with Gasteiger partial charge in [0.1, 0.15) is 5.60 Å². The van der Waals surface area contributed by atoms with Crippen LogP contribution in [-0.2, 0) is 4.74 Å². The zero-order valence-corrected chi connectivity index (χ0v) is 17.2. The van der Waals surface area contributed by atoms with E-state index in [0.717, 1.165) is 43.4 Å². The predicted molar refractivity (Wildman–Crippen MR) is 107 cm³/mol. The standard InChI is InChI=1S/C22H32N2O3/c1-22(2,3)27-21(26)24-18-7-6-8-19(24)14-16(13-18)20(25)15-9-11-17(12-10-15)23(4)5/h9-12,16,18-19H,6-8,13-14H2,1-5H3. The Bertz CT molecular complexity index is 677. The largest absolute Gasteiger partial charge is 0.444 e. The number of piperidine rings is 2. The molecule has 2 aliphatic rings. The molecule has 2 saturated heterocycles. The number of benzene rings is 1. The third-order valence-corrected chi connectivity index (χ3v) is 5.62. The first-order valence-electron chi connectivity index (χ1n) is 9.98. The molecule has 148 valence electrons. The molecule has 2 unspecified atom stereocenters. The van der Waals surface area contributed by atoms with Gasteiger partial charge >= 0.3 is 6.09 Å². The van der Waals surface area contributed by atoms with Gasteiger partial charge < -0.3 is 14.5 Å². The molecule has 0 aliphatic carbocycles. The summed E-state index contributed by atoms with van der Waals surface area (Å²) in [6.45, 7) is 5.69. The first kappa shape index (κ1) is 19.7. The highest BCUT2D eigenvalue weighted by atomic mass is 16.6. The van der Waals surface area contributed by atoms with Crippen LogP contribution in [0, 0.1) is 5.92 Å². The molecule has 2 atom stereocenters. The van der Waals surface area contributed by atoms with Crippen LogP contribution in [0.2, 0.25) is 0 Å². The number of hydrogen-bond acceptors (Lipinski definition) is 4. The monoisotopic (exact) mass is 372 g/mol. The van der Waals surface area contributed by atoms with E-state index >= 15 is 0 Å². The number of hydrogen-bond donors (Lipinski definition) is 0. The van der Waals surface area contributed by atoms with E-state index < -0.39 is 5.60 Å². The molecule has 2 heterocycles. The number of anilines is 1. The SMILES string of the molecule is CN(C)c1ccc(C(=O)C2CC3CCCC(C2)N3C(=O)OC(C)(C)C)cc1. The molecule has 0 spiro atoms. The van der Waals surface area contributed by atoms with Gasteiger partial charge in [-0.15, -0.1) is 0 Å². The molecule has 1 aromatic carbocycles. The summed E-state index contributed by atoms with van der Waals surface area (Å²) < 4.78 is 5.63. The lowest BCUT2D eigenvalue weighted by Crippen LogP contribution is -2.56. The van der Waals surface area contributed by atoms with Crippen molar-refractivity contribution in [1.29, 1.82) is 0 Å². The highest BCUT2D eigenvalue weighted by Crippen LogP contribution is 2.39. The van der Waals surface area contributed by atoms with E-state index in [0.29, 0.717) is 0 Å². The van der Waals surface area contributed by atoms with Crippen molar-refractivity contribution in [3.63, 3.8) is 0 Å². The highest BCUT2D eigenvalue weighted by Gasteiger charge is 2.44. The summed E-state index contributed by atoms with van der Waals surface area (Å²) in [7, 11) is 3.98. The predicted octanol–water partition coefficient (Wildman–Crippen LogP) is 4.50. The van der Waals surface area contributed by atoms with Crippen LogP contribution in [0.4, 0.5) is 10.5 Å². The summed E-state index contributed by atoms with van der Waals surface area (Å²) in [5, 5.41) is 0. The van der Waals surface area contributed by atoms with Crippen molar-refractivity contribution in [3.05, 3.63) is 29.8 Å². The van der Waals surface area contributed by atoms with Gasteiger partial charge in [0, 0.05) is 43.3 Å². The van der Waals surface area contributed by atoms with Gasteiger partial charge in [-0.3, -0.25) is 4.79 Å². The van der Waals surface area contributed by atoms with Gasteiger partial charge in [-0.1, -0.05) is 0 Å². The van der Waals surface area contributed by atoms with Crippen molar-refractivity contribution in [2.45, 2.75) is 70.6 Å². The molecule has 0 N–H and O–H groups in total. The average Bonchev–Trinajstić information content (AvgIpc) is 2.58. The van der Waals surface area contributed by atoms with Gasteiger partial charge in [-0.25, -0.2) is 4.79 Å². The summed E-state index contributed by atoms with van der Waals surface area (Å²) in [5.74, 6) is 0.199. The van der Waals surface area contributed by atoms with Crippen molar-refractivity contribution < 1.29 is 14.3 Å². The number of Topliss-reactive ketones (excluding diaryl/α,β-unsaturated/α-hetero) is 1. The topological polar surface area (TPSA) is 49.9 Å². The minimum absolute atomic E-state index is 0.0100. The first-order valence-corrected chi connectivity index (χ1v) is 9.98. The Morgan fingerprint density at radius 2 is 1.59 bits per heavy atom. The Labute approximate surface area is 162 Å². The maximum atomic E-state index is 13.1. The molecule has 3 rings (SSSR count). The van der Waals surface area contributed by atoms with Crippen LogP contribution in [0.3, 0.4) is 0 Å². The zero-order chi connectivity index (χ0) is 19.8. The zero-order valence-electron chi connectivity index (χ0n) is 17.2. The molecule has 0 radical (unpaired) electrons. The third kappa shape index (κ3) is 4.45. The molecule has 5 heteroatoms. The van der Waals surface area contributed by atoms with Gasteiger partial charge in [0.2, 0.25) is 0 Å². The molecule has 1 amide bonds. The molecule has 0 saturated carbocycles. The quantitative estimate of drug-likeness (QED) is 0.733. The number of rotatable bonds is 3. The van der Waals surface area contributed by atoms with E-state index in [1.54, 1.807) is 0 Å². The number of carbonyl (C=O) groups excluding carboxylic acids is 2. The summed E-state index contributed by atoms with van der Waals surface area (Å²) >= 11 is 0. The number of ether oxygens (including phenoxy) is 1. The van der Waals surface area contributed by atoms with Crippen LogP contribution in [0.25, 0.3) is 0 Å². The average molecular weight is 373 g/mol. The van der Waals surface area contributed by atoms with Crippen molar-refractivity contribution >= 4 is 17.6 Å². The van der Waals surface area contributed by atoms with Gasteiger partial charge in [-0.05, 0) is 77.1 Å². The Hall–Kier alpha value is -2.04. The van der Waals surface area contributed by atoms with Crippen LogP contribution >= 0.6 is 0 Å². The maximum Gasteiger partial charge on any atom is 0.410 e. The molecule has 27 heavy (non-hydrogen) atoms. The van der Waals surface area contributed by atoms with Crippen LogP contribution in [0.5, 0.6) is 0 Å². The van der Waals surface area contributed by atoms with Crippen LogP contribution in [0.15, 0.2) is 24.3 Å². The van der Waals surface area contributed by atoms with E-state index in [1.165, 1.54) is 0 Å². The van der Waals surface area contributed by atoms with Gasteiger partial charge in [0.05, 0.1) is 0 Å². The maximum absolute atomic E-state index is 13.1. The summed E-state index contributed by atoms with van der Waals surface area (Å²) in [6, 6.07) is 8.06. The number of ketones is 1. The molecule has 2 aliphatic heterocycles. The second-order valence-electron chi connectivity index (χ2n) is 9.10. The summed E-state index contributed by atoms with van der Waals surface area (Å²) in [6.07, 6.45) is 4.29. The van der Waals surface area contributed by atoms with Crippen LogP contribution in [-0.4, -0.2) is 48.6 Å². The third-order valence-electron chi connectivity index (χ3n) is 5.62. The molecule has 2 fully saturated rings. The van der Waals surface area contributed by atoms with E-state index in [9.17, 15) is 9.59 Å². The number of carbonyl (C=O) groups is 2. The minimum atomic E-state index is -0.494. The van der Waals surface area contributed by atoms with Crippen molar-refractivity contribution in [3.8, 4) is 0 Å². The molecular formula is C22H32N2O3. The van der Waals surface area contributed by atoms with Crippen LogP contribution < -0.4 is 4.90 Å². The van der Waals surface area contributed by atoms with Crippen LogP contribution in [0.1, 0.15) is 63.2 Å². The van der Waals surface area contributed by atoms with Gasteiger partial charge in [0.15, 0.2) is 5.78 Å². The fourth-order valence-electron chi connectivity index (χ4n) is 4.37. The second kappa shape index (κ2) is 7.53. The second-order valence-corrected chi connectivity index (χ2v) is 9.10. The van der Waals surface area contributed by atoms with E-state index in [4.69, 9.17) is 4.74 Å². The normalized spacial score (nSPS) is 25.1. The summed E-state index contributed by atoms with van der Waals surface area (Å²) in [5.41, 5.74) is 1.37. The van der Waals surface area contributed by atoms with Crippen molar-refractivity contribution in [1.82, 2.24) is 4.90 Å². The fourth-order valence-corrected chi connectivity index (χ4v) is 4.37. The number of amides is 1. The van der Waals surface area contributed by atoms with Gasteiger partial charge in [0.25, 0.3) is 0 Å². The van der Waals surface area contributed by atoms with E-state index in [1.807, 2.05) is 68.9 Å². The Morgan fingerprint density at radius 1 is 1.04 bits per heavy atom. The Morgan fingerprint density at radius 3 is 2.07 bits per heavy atom.